The zero-order chi connectivity index (χ0) is 19.5. The van der Waals surface area contributed by atoms with Crippen LogP contribution in [0.5, 0.6) is 0 Å². The Balaban J connectivity index is 1.93. The lowest BCUT2D eigenvalue weighted by molar-refractivity contribution is -0.146. The number of anilines is 1. The second kappa shape index (κ2) is 7.78. The molecule has 0 radical (unpaired) electrons. The third-order valence-corrected chi connectivity index (χ3v) is 4.88. The molecule has 1 aliphatic rings. The third kappa shape index (κ3) is 5.31. The molecule has 1 fully saturated rings. The van der Waals surface area contributed by atoms with Crippen LogP contribution in [0.3, 0.4) is 0 Å². The number of nitrogens with one attached hydrogen (secondary N) is 1. The van der Waals surface area contributed by atoms with Crippen molar-refractivity contribution < 1.29 is 14.7 Å². The second-order valence-corrected chi connectivity index (χ2v) is 8.88. The zero-order valence-corrected chi connectivity index (χ0v) is 16.6. The molecule has 1 aromatic rings. The predicted octanol–water partition coefficient (Wildman–Crippen LogP) is 3.54. The Bertz CT molecular complexity index is 636. The van der Waals surface area contributed by atoms with Crippen LogP contribution in [0.1, 0.15) is 65.4 Å². The van der Waals surface area contributed by atoms with Gasteiger partial charge in [0.25, 0.3) is 5.91 Å². The average Bonchev–Trinajstić information content (AvgIpc) is 2.54. The van der Waals surface area contributed by atoms with E-state index in [0.29, 0.717) is 31.1 Å². The van der Waals surface area contributed by atoms with E-state index in [9.17, 15) is 14.7 Å². The van der Waals surface area contributed by atoms with Gasteiger partial charge in [-0.2, -0.15) is 0 Å². The molecule has 5 nitrogen and oxygen atoms in total. The quantitative estimate of drug-likeness (QED) is 0.863. The summed E-state index contributed by atoms with van der Waals surface area (Å²) < 4.78 is 0. The smallest absolute Gasteiger partial charge is 0.256 e. The van der Waals surface area contributed by atoms with Crippen LogP contribution in [0.25, 0.3) is 0 Å². The minimum atomic E-state index is -1.42. The summed E-state index contributed by atoms with van der Waals surface area (Å²) in [4.78, 5) is 26.6. The van der Waals surface area contributed by atoms with Crippen molar-refractivity contribution in [1.29, 1.82) is 0 Å². The number of amides is 2. The number of aliphatic hydroxyl groups is 1. The summed E-state index contributed by atoms with van der Waals surface area (Å²) in [5.74, 6) is 0.126. The van der Waals surface area contributed by atoms with Gasteiger partial charge in [0, 0.05) is 38.0 Å². The number of carbonyl (C=O) groups is 2. The molecule has 26 heavy (non-hydrogen) atoms. The van der Waals surface area contributed by atoms with E-state index < -0.39 is 11.5 Å². The summed E-state index contributed by atoms with van der Waals surface area (Å²) in [6, 6.07) is 7.69. The molecule has 2 amide bonds. The summed E-state index contributed by atoms with van der Waals surface area (Å²) in [7, 11) is 0. The van der Waals surface area contributed by atoms with Crippen molar-refractivity contribution in [2.45, 2.75) is 65.4 Å². The van der Waals surface area contributed by atoms with E-state index in [1.54, 1.807) is 4.90 Å². The molecule has 1 aliphatic heterocycles. The molecule has 0 atom stereocenters. The molecule has 0 spiro atoms. The van der Waals surface area contributed by atoms with Crippen molar-refractivity contribution in [3.8, 4) is 0 Å². The van der Waals surface area contributed by atoms with Gasteiger partial charge < -0.3 is 15.3 Å². The Morgan fingerprint density at radius 3 is 2.15 bits per heavy atom. The Kier molecular flexibility index (Phi) is 6.12. The average molecular weight is 360 g/mol. The van der Waals surface area contributed by atoms with Gasteiger partial charge in [0.15, 0.2) is 0 Å². The normalized spacial score (nSPS) is 17.3. The molecule has 1 saturated heterocycles. The van der Waals surface area contributed by atoms with Crippen molar-refractivity contribution >= 4 is 17.5 Å². The molecular formula is C21H32N2O3. The number of benzene rings is 1. The number of piperidine rings is 1. The number of rotatable bonds is 4. The summed E-state index contributed by atoms with van der Waals surface area (Å²) >= 11 is 0. The van der Waals surface area contributed by atoms with Gasteiger partial charge in [0.05, 0.1) is 0 Å². The molecule has 2 N–H and O–H groups in total. The summed E-state index contributed by atoms with van der Waals surface area (Å²) in [5, 5.41) is 13.5. The fourth-order valence-corrected chi connectivity index (χ4v) is 3.12. The van der Waals surface area contributed by atoms with Gasteiger partial charge in [0.2, 0.25) is 5.91 Å². The molecule has 2 rings (SSSR count). The van der Waals surface area contributed by atoms with Gasteiger partial charge in [-0.25, -0.2) is 0 Å². The van der Waals surface area contributed by atoms with E-state index in [2.05, 4.69) is 19.2 Å². The van der Waals surface area contributed by atoms with E-state index in [-0.39, 0.29) is 24.2 Å². The maximum absolute atomic E-state index is 12.5. The lowest BCUT2D eigenvalue weighted by Gasteiger charge is -2.38. The molecule has 144 valence electrons. The number of carbonyl (C=O) groups excluding carboxylic acids is 2. The topological polar surface area (TPSA) is 69.6 Å². The Morgan fingerprint density at radius 2 is 1.69 bits per heavy atom. The molecule has 0 saturated carbocycles. The highest BCUT2D eigenvalue weighted by atomic mass is 16.3. The third-order valence-electron chi connectivity index (χ3n) is 4.88. The number of hydrogen-bond acceptors (Lipinski definition) is 3. The van der Waals surface area contributed by atoms with Crippen molar-refractivity contribution in [3.63, 3.8) is 0 Å². The maximum Gasteiger partial charge on any atom is 0.256 e. The van der Waals surface area contributed by atoms with Crippen molar-refractivity contribution in [3.05, 3.63) is 29.8 Å². The molecule has 5 heteroatoms. The SMILES string of the molecule is CC(C)c1ccc(NC(=O)C2(O)CCN(C(=O)CC(C)(C)C)CC2)cc1. The van der Waals surface area contributed by atoms with Crippen LogP contribution in [0, 0.1) is 5.41 Å². The van der Waals surface area contributed by atoms with E-state index >= 15 is 0 Å². The Morgan fingerprint density at radius 1 is 1.15 bits per heavy atom. The molecule has 1 heterocycles. The van der Waals surface area contributed by atoms with Crippen LogP contribution in [0.4, 0.5) is 5.69 Å². The van der Waals surface area contributed by atoms with E-state index in [1.165, 1.54) is 5.56 Å². The minimum Gasteiger partial charge on any atom is -0.380 e. The Hall–Kier alpha value is -1.88. The van der Waals surface area contributed by atoms with Crippen LogP contribution < -0.4 is 5.32 Å². The first-order chi connectivity index (χ1) is 12.0. The maximum atomic E-state index is 12.5. The highest BCUT2D eigenvalue weighted by molar-refractivity contribution is 5.97. The van der Waals surface area contributed by atoms with Gasteiger partial charge in [0.1, 0.15) is 5.60 Å². The highest BCUT2D eigenvalue weighted by Crippen LogP contribution is 2.27. The van der Waals surface area contributed by atoms with Gasteiger partial charge >= 0.3 is 0 Å². The largest absolute Gasteiger partial charge is 0.380 e. The standard InChI is InChI=1S/C21H32N2O3/c1-15(2)16-6-8-17(9-7-16)22-19(25)21(26)10-12-23(13-11-21)18(24)14-20(3,4)5/h6-9,15,26H,10-14H2,1-5H3,(H,22,25). The number of nitrogens with zero attached hydrogens (tertiary/aromatic N) is 1. The lowest BCUT2D eigenvalue weighted by Crippen LogP contribution is -2.53. The fraction of sp³-hybridized carbons (Fsp3) is 0.619. The van der Waals surface area contributed by atoms with Crippen molar-refractivity contribution in [2.75, 3.05) is 18.4 Å². The van der Waals surface area contributed by atoms with Gasteiger partial charge in [-0.3, -0.25) is 9.59 Å². The first-order valence-corrected chi connectivity index (χ1v) is 9.42. The van der Waals surface area contributed by atoms with Crippen LogP contribution in [0.2, 0.25) is 0 Å². The summed E-state index contributed by atoms with van der Waals surface area (Å²) in [6.45, 7) is 11.1. The number of likely N-dealkylation sites (tertiary alicyclic amines) is 1. The van der Waals surface area contributed by atoms with Crippen LogP contribution in [-0.4, -0.2) is 40.5 Å². The van der Waals surface area contributed by atoms with Gasteiger partial charge in [-0.15, -0.1) is 0 Å². The molecule has 0 unspecified atom stereocenters. The van der Waals surface area contributed by atoms with E-state index in [0.717, 1.165) is 0 Å². The van der Waals surface area contributed by atoms with E-state index in [1.807, 2.05) is 45.0 Å². The van der Waals surface area contributed by atoms with Gasteiger partial charge in [-0.05, 0) is 29.0 Å². The molecular weight excluding hydrogens is 328 g/mol. The van der Waals surface area contributed by atoms with Gasteiger partial charge in [-0.1, -0.05) is 46.8 Å². The van der Waals surface area contributed by atoms with Crippen LogP contribution in [0.15, 0.2) is 24.3 Å². The monoisotopic (exact) mass is 360 g/mol. The molecule has 0 bridgehead atoms. The summed E-state index contributed by atoms with van der Waals surface area (Å²) in [5.41, 5.74) is 0.394. The molecule has 1 aromatic carbocycles. The van der Waals surface area contributed by atoms with Crippen LogP contribution in [-0.2, 0) is 9.59 Å². The zero-order valence-electron chi connectivity index (χ0n) is 16.6. The number of hydrogen-bond donors (Lipinski definition) is 2. The van der Waals surface area contributed by atoms with Crippen molar-refractivity contribution in [2.24, 2.45) is 5.41 Å². The predicted molar refractivity (Wildman–Crippen MR) is 104 cm³/mol. The molecule has 0 aromatic heterocycles. The minimum absolute atomic E-state index is 0.0651. The highest BCUT2D eigenvalue weighted by Gasteiger charge is 2.40. The van der Waals surface area contributed by atoms with Crippen molar-refractivity contribution in [1.82, 2.24) is 4.90 Å². The first-order valence-electron chi connectivity index (χ1n) is 9.42. The fourth-order valence-electron chi connectivity index (χ4n) is 3.12. The summed E-state index contributed by atoms with van der Waals surface area (Å²) in [6.07, 6.45) is 0.997. The Labute approximate surface area is 156 Å². The molecule has 0 aliphatic carbocycles. The van der Waals surface area contributed by atoms with E-state index in [4.69, 9.17) is 0 Å². The lowest BCUT2D eigenvalue weighted by atomic mass is 9.88. The first kappa shape index (κ1) is 20.4. The van der Waals surface area contributed by atoms with Crippen LogP contribution >= 0.6 is 0 Å². The second-order valence-electron chi connectivity index (χ2n) is 8.88.